The van der Waals surface area contributed by atoms with Crippen LogP contribution in [0, 0.1) is 0 Å². The Morgan fingerprint density at radius 1 is 1.24 bits per heavy atom. The normalized spacial score (nSPS) is 32.1. The Kier molecular flexibility index (Phi) is 5.25. The number of fused-ring (bicyclic) bond motifs is 1. The van der Waals surface area contributed by atoms with E-state index in [2.05, 4.69) is 55.2 Å². The molecular formula is C18H27NOS. The zero-order valence-corrected chi connectivity index (χ0v) is 14.0. The third-order valence-corrected chi connectivity index (χ3v) is 6.56. The van der Waals surface area contributed by atoms with Crippen molar-refractivity contribution < 1.29 is 4.74 Å². The molecule has 1 aliphatic carbocycles. The highest BCUT2D eigenvalue weighted by atomic mass is 32.2. The Morgan fingerprint density at radius 3 is 2.86 bits per heavy atom. The summed E-state index contributed by atoms with van der Waals surface area (Å²) in [5.74, 6) is 0. The number of hydrogen-bond donors (Lipinski definition) is 1. The van der Waals surface area contributed by atoms with Gasteiger partial charge in [0, 0.05) is 23.1 Å². The average molecular weight is 305 g/mol. The zero-order chi connectivity index (χ0) is 14.7. The van der Waals surface area contributed by atoms with Crippen LogP contribution in [0.2, 0.25) is 0 Å². The Hall–Kier alpha value is -0.510. The first-order valence-corrected chi connectivity index (χ1v) is 9.32. The summed E-state index contributed by atoms with van der Waals surface area (Å²) in [5.41, 5.74) is 3.07. The minimum Gasteiger partial charge on any atom is -0.377 e. The van der Waals surface area contributed by atoms with E-state index in [1.54, 1.807) is 5.56 Å². The van der Waals surface area contributed by atoms with Crippen LogP contribution in [0.1, 0.15) is 50.3 Å². The molecule has 1 aliphatic heterocycles. The SMILES string of the molecule is CCCNC1c2ccccc2CCC1SC1CCOC1C. The van der Waals surface area contributed by atoms with Crippen LogP contribution in [-0.2, 0) is 11.2 Å². The lowest BCUT2D eigenvalue weighted by Gasteiger charge is -2.36. The van der Waals surface area contributed by atoms with Crippen molar-refractivity contribution in [3.8, 4) is 0 Å². The molecule has 0 aromatic heterocycles. The largest absolute Gasteiger partial charge is 0.377 e. The fraction of sp³-hybridized carbons (Fsp3) is 0.667. The molecular weight excluding hydrogens is 278 g/mol. The van der Waals surface area contributed by atoms with Gasteiger partial charge < -0.3 is 10.1 Å². The molecule has 4 atom stereocenters. The molecule has 0 amide bonds. The molecule has 21 heavy (non-hydrogen) atoms. The highest BCUT2D eigenvalue weighted by Gasteiger charge is 2.34. The van der Waals surface area contributed by atoms with Gasteiger partial charge in [0.15, 0.2) is 0 Å². The molecule has 3 heteroatoms. The number of rotatable bonds is 5. The monoisotopic (exact) mass is 305 g/mol. The number of thioether (sulfide) groups is 1. The standard InChI is InChI=1S/C18H27NOS/c1-3-11-19-18-15-7-5-4-6-14(15)8-9-17(18)21-16-10-12-20-13(16)2/h4-7,13,16-19H,3,8-12H2,1-2H3. The second-order valence-electron chi connectivity index (χ2n) is 6.25. The highest BCUT2D eigenvalue weighted by Crippen LogP contribution is 2.41. The van der Waals surface area contributed by atoms with Gasteiger partial charge in [0.1, 0.15) is 0 Å². The van der Waals surface area contributed by atoms with E-state index in [4.69, 9.17) is 4.74 Å². The van der Waals surface area contributed by atoms with E-state index < -0.39 is 0 Å². The van der Waals surface area contributed by atoms with Crippen molar-refractivity contribution in [2.45, 2.75) is 62.2 Å². The molecule has 0 radical (unpaired) electrons. The van der Waals surface area contributed by atoms with Crippen LogP contribution in [-0.4, -0.2) is 29.8 Å². The second-order valence-corrected chi connectivity index (χ2v) is 7.73. The first-order chi connectivity index (χ1) is 10.3. The molecule has 1 fully saturated rings. The molecule has 1 saturated heterocycles. The summed E-state index contributed by atoms with van der Waals surface area (Å²) in [6.45, 7) is 6.52. The fourth-order valence-corrected chi connectivity index (χ4v) is 5.17. The number of nitrogens with one attached hydrogen (secondary N) is 1. The Bertz CT molecular complexity index is 464. The van der Waals surface area contributed by atoms with Gasteiger partial charge in [-0.3, -0.25) is 0 Å². The molecule has 2 aliphatic rings. The average Bonchev–Trinajstić information content (AvgIpc) is 2.91. The van der Waals surface area contributed by atoms with Crippen molar-refractivity contribution in [3.63, 3.8) is 0 Å². The van der Waals surface area contributed by atoms with E-state index in [0.29, 0.717) is 22.6 Å². The van der Waals surface area contributed by atoms with Crippen molar-refractivity contribution in [1.29, 1.82) is 0 Å². The van der Waals surface area contributed by atoms with Gasteiger partial charge in [-0.25, -0.2) is 0 Å². The summed E-state index contributed by atoms with van der Waals surface area (Å²) in [6.07, 6.45) is 5.33. The summed E-state index contributed by atoms with van der Waals surface area (Å²) in [5, 5.41) is 5.16. The first-order valence-electron chi connectivity index (χ1n) is 8.38. The molecule has 1 N–H and O–H groups in total. The fourth-order valence-electron chi connectivity index (χ4n) is 3.53. The number of ether oxygens (including phenoxy) is 1. The van der Waals surface area contributed by atoms with Crippen molar-refractivity contribution >= 4 is 11.8 Å². The highest BCUT2D eigenvalue weighted by molar-refractivity contribution is 8.00. The molecule has 3 rings (SSSR count). The molecule has 1 aromatic rings. The maximum Gasteiger partial charge on any atom is 0.0666 e. The summed E-state index contributed by atoms with van der Waals surface area (Å²) in [6, 6.07) is 9.50. The van der Waals surface area contributed by atoms with Crippen LogP contribution in [0.5, 0.6) is 0 Å². The third kappa shape index (κ3) is 3.46. The summed E-state index contributed by atoms with van der Waals surface area (Å²) < 4.78 is 5.75. The molecule has 4 unspecified atom stereocenters. The van der Waals surface area contributed by atoms with Crippen LogP contribution in [0.25, 0.3) is 0 Å². The van der Waals surface area contributed by atoms with Gasteiger partial charge in [-0.15, -0.1) is 0 Å². The van der Waals surface area contributed by atoms with E-state index in [1.165, 1.54) is 31.2 Å². The van der Waals surface area contributed by atoms with Crippen molar-refractivity contribution in [3.05, 3.63) is 35.4 Å². The molecule has 1 aromatic carbocycles. The van der Waals surface area contributed by atoms with Gasteiger partial charge >= 0.3 is 0 Å². The maximum absolute atomic E-state index is 5.75. The van der Waals surface area contributed by atoms with Gasteiger partial charge in [0.2, 0.25) is 0 Å². The summed E-state index contributed by atoms with van der Waals surface area (Å²) in [7, 11) is 0. The third-order valence-electron chi connectivity index (χ3n) is 4.73. The maximum atomic E-state index is 5.75. The number of aryl methyl sites for hydroxylation is 1. The van der Waals surface area contributed by atoms with Gasteiger partial charge in [-0.05, 0) is 50.3 Å². The first kappa shape index (κ1) is 15.4. The van der Waals surface area contributed by atoms with E-state index in [9.17, 15) is 0 Å². The zero-order valence-electron chi connectivity index (χ0n) is 13.2. The molecule has 0 bridgehead atoms. The van der Waals surface area contributed by atoms with E-state index in [0.717, 1.165) is 13.2 Å². The Labute approximate surface area is 133 Å². The van der Waals surface area contributed by atoms with Crippen LogP contribution >= 0.6 is 11.8 Å². The van der Waals surface area contributed by atoms with Crippen LogP contribution in [0.4, 0.5) is 0 Å². The Balaban J connectivity index is 1.76. The quantitative estimate of drug-likeness (QED) is 0.890. The van der Waals surface area contributed by atoms with Gasteiger partial charge in [-0.2, -0.15) is 11.8 Å². The van der Waals surface area contributed by atoms with Gasteiger partial charge in [0.25, 0.3) is 0 Å². The van der Waals surface area contributed by atoms with Gasteiger partial charge in [0.05, 0.1) is 6.10 Å². The topological polar surface area (TPSA) is 21.3 Å². The molecule has 2 nitrogen and oxygen atoms in total. The van der Waals surface area contributed by atoms with E-state index in [1.807, 2.05) is 0 Å². The molecule has 0 spiro atoms. The minimum atomic E-state index is 0.416. The van der Waals surface area contributed by atoms with Crippen molar-refractivity contribution in [2.75, 3.05) is 13.2 Å². The second kappa shape index (κ2) is 7.17. The van der Waals surface area contributed by atoms with Crippen LogP contribution < -0.4 is 5.32 Å². The molecule has 116 valence electrons. The lowest BCUT2D eigenvalue weighted by Crippen LogP contribution is -2.36. The molecule has 0 saturated carbocycles. The predicted octanol–water partition coefficient (Wildman–Crippen LogP) is 3.95. The predicted molar refractivity (Wildman–Crippen MR) is 91.0 cm³/mol. The number of benzene rings is 1. The lowest BCUT2D eigenvalue weighted by atomic mass is 9.87. The smallest absolute Gasteiger partial charge is 0.0666 e. The van der Waals surface area contributed by atoms with E-state index >= 15 is 0 Å². The molecule has 1 heterocycles. The lowest BCUT2D eigenvalue weighted by molar-refractivity contribution is 0.127. The number of hydrogen-bond acceptors (Lipinski definition) is 3. The summed E-state index contributed by atoms with van der Waals surface area (Å²) >= 11 is 2.17. The summed E-state index contributed by atoms with van der Waals surface area (Å²) in [4.78, 5) is 0. The van der Waals surface area contributed by atoms with Crippen molar-refractivity contribution in [2.24, 2.45) is 0 Å². The van der Waals surface area contributed by atoms with Crippen LogP contribution in [0.15, 0.2) is 24.3 Å². The van der Waals surface area contributed by atoms with Crippen LogP contribution in [0.3, 0.4) is 0 Å². The van der Waals surface area contributed by atoms with Crippen molar-refractivity contribution in [1.82, 2.24) is 5.32 Å². The van der Waals surface area contributed by atoms with E-state index in [-0.39, 0.29) is 0 Å². The Morgan fingerprint density at radius 2 is 2.10 bits per heavy atom. The minimum absolute atomic E-state index is 0.416. The van der Waals surface area contributed by atoms with Gasteiger partial charge in [-0.1, -0.05) is 31.2 Å².